The topological polar surface area (TPSA) is 111 Å². The van der Waals surface area contributed by atoms with Crippen LogP contribution in [0.15, 0.2) is 54.6 Å². The molecule has 0 aromatic heterocycles. The molecule has 2 rings (SSSR count). The predicted octanol–water partition coefficient (Wildman–Crippen LogP) is 1.74. The van der Waals surface area contributed by atoms with Crippen molar-refractivity contribution in [1.29, 1.82) is 0 Å². The largest absolute Gasteiger partial charge is 0.367 e. The zero-order chi connectivity index (χ0) is 17.5. The molecule has 0 aliphatic heterocycles. The number of hydrogen-bond donors (Lipinski definition) is 2. The molecule has 2 aromatic rings. The molecule has 24 heavy (non-hydrogen) atoms. The minimum atomic E-state index is -0.872. The fourth-order valence-electron chi connectivity index (χ4n) is 2.01. The van der Waals surface area contributed by atoms with E-state index >= 15 is 0 Å². The van der Waals surface area contributed by atoms with Crippen LogP contribution >= 0.6 is 0 Å². The predicted molar refractivity (Wildman–Crippen MR) is 84.9 cm³/mol. The first-order chi connectivity index (χ1) is 11.5. The number of benzene rings is 2. The van der Waals surface area contributed by atoms with Gasteiger partial charge in [0.05, 0.1) is 4.92 Å². The van der Waals surface area contributed by atoms with Crippen LogP contribution in [-0.4, -0.2) is 23.8 Å². The lowest BCUT2D eigenvalue weighted by molar-refractivity contribution is -0.384. The number of methoxy groups -OCH3 is 1. The second kappa shape index (κ2) is 7.84. The molecule has 0 saturated heterocycles. The van der Waals surface area contributed by atoms with E-state index in [1.165, 1.54) is 31.4 Å². The molecule has 0 bridgehead atoms. The van der Waals surface area contributed by atoms with Gasteiger partial charge in [0.2, 0.25) is 0 Å². The van der Waals surface area contributed by atoms with E-state index in [4.69, 9.17) is 4.74 Å². The molecule has 0 unspecified atom stereocenters. The van der Waals surface area contributed by atoms with Crippen molar-refractivity contribution < 1.29 is 19.2 Å². The number of nitro groups is 1. The van der Waals surface area contributed by atoms with E-state index < -0.39 is 22.8 Å². The molecule has 0 spiro atoms. The Morgan fingerprint density at radius 3 is 2.21 bits per heavy atom. The summed E-state index contributed by atoms with van der Waals surface area (Å²) in [5.41, 5.74) is 5.20. The molecule has 2 aromatic carbocycles. The van der Waals surface area contributed by atoms with E-state index in [1.54, 1.807) is 24.3 Å². The zero-order valence-electron chi connectivity index (χ0n) is 12.8. The standard InChI is InChI=1S/C16H15N3O5/c1-24-14(11-5-3-2-4-6-11)16(21)18-17-15(20)12-7-9-13(10-8-12)19(22)23/h2-10,14H,1H3,(H,17,20)(H,18,21)/t14-/m0/s1. The number of hydrogen-bond acceptors (Lipinski definition) is 5. The average Bonchev–Trinajstić information content (AvgIpc) is 2.61. The monoisotopic (exact) mass is 329 g/mol. The van der Waals surface area contributed by atoms with Gasteiger partial charge in [-0.25, -0.2) is 0 Å². The molecule has 0 aliphatic carbocycles. The highest BCUT2D eigenvalue weighted by Crippen LogP contribution is 2.16. The molecule has 124 valence electrons. The van der Waals surface area contributed by atoms with Gasteiger partial charge in [-0.05, 0) is 17.7 Å². The number of nitro benzene ring substituents is 1. The number of hydrazine groups is 1. The number of non-ortho nitro benzene ring substituents is 1. The van der Waals surface area contributed by atoms with Crippen LogP contribution in [0.5, 0.6) is 0 Å². The van der Waals surface area contributed by atoms with Crippen molar-refractivity contribution in [2.24, 2.45) is 0 Å². The van der Waals surface area contributed by atoms with Crippen molar-refractivity contribution in [2.45, 2.75) is 6.10 Å². The van der Waals surface area contributed by atoms with Crippen molar-refractivity contribution in [3.63, 3.8) is 0 Å². The van der Waals surface area contributed by atoms with E-state index in [9.17, 15) is 19.7 Å². The molecule has 8 heteroatoms. The third-order valence-corrected chi connectivity index (χ3v) is 3.22. The fraction of sp³-hybridized carbons (Fsp3) is 0.125. The van der Waals surface area contributed by atoms with Gasteiger partial charge in [-0.3, -0.25) is 30.6 Å². The van der Waals surface area contributed by atoms with Gasteiger partial charge in [-0.1, -0.05) is 30.3 Å². The lowest BCUT2D eigenvalue weighted by atomic mass is 10.1. The summed E-state index contributed by atoms with van der Waals surface area (Å²) < 4.78 is 5.14. The van der Waals surface area contributed by atoms with Crippen molar-refractivity contribution in [3.8, 4) is 0 Å². The first kappa shape index (κ1) is 17.1. The third kappa shape index (κ3) is 4.14. The minimum Gasteiger partial charge on any atom is -0.367 e. The number of carbonyl (C=O) groups excluding carboxylic acids is 2. The van der Waals surface area contributed by atoms with E-state index in [1.807, 2.05) is 6.07 Å². The second-order valence-corrected chi connectivity index (χ2v) is 4.77. The molecule has 2 N–H and O–H groups in total. The number of nitrogens with zero attached hydrogens (tertiary/aromatic N) is 1. The summed E-state index contributed by atoms with van der Waals surface area (Å²) in [4.78, 5) is 34.1. The fourth-order valence-corrected chi connectivity index (χ4v) is 2.01. The summed E-state index contributed by atoms with van der Waals surface area (Å²) in [7, 11) is 1.38. The van der Waals surface area contributed by atoms with Gasteiger partial charge in [-0.2, -0.15) is 0 Å². The molecule has 0 aliphatic rings. The highest BCUT2D eigenvalue weighted by atomic mass is 16.6. The van der Waals surface area contributed by atoms with Gasteiger partial charge < -0.3 is 4.74 Å². The van der Waals surface area contributed by atoms with E-state index in [0.29, 0.717) is 5.56 Å². The van der Waals surface area contributed by atoms with Crippen LogP contribution < -0.4 is 10.9 Å². The SMILES string of the molecule is CO[C@H](C(=O)NNC(=O)c1ccc([N+](=O)[O-])cc1)c1ccccc1. The Bertz CT molecular complexity index is 731. The maximum absolute atomic E-state index is 12.1. The molecule has 1 atom stereocenters. The normalized spacial score (nSPS) is 11.4. The maximum Gasteiger partial charge on any atom is 0.272 e. The molecule has 0 radical (unpaired) electrons. The highest BCUT2D eigenvalue weighted by Gasteiger charge is 2.20. The summed E-state index contributed by atoms with van der Waals surface area (Å²) >= 11 is 0. The number of amides is 2. The van der Waals surface area contributed by atoms with Gasteiger partial charge in [0.1, 0.15) is 0 Å². The molecule has 2 amide bonds. The summed E-state index contributed by atoms with van der Waals surface area (Å²) in [5.74, 6) is -1.14. The number of ether oxygens (including phenoxy) is 1. The third-order valence-electron chi connectivity index (χ3n) is 3.22. The van der Waals surface area contributed by atoms with E-state index in [-0.39, 0.29) is 11.3 Å². The van der Waals surface area contributed by atoms with Crippen LogP contribution in [0.2, 0.25) is 0 Å². The van der Waals surface area contributed by atoms with Crippen LogP contribution in [0.25, 0.3) is 0 Å². The highest BCUT2D eigenvalue weighted by molar-refractivity contribution is 5.96. The lowest BCUT2D eigenvalue weighted by Gasteiger charge is -2.16. The van der Waals surface area contributed by atoms with Crippen LogP contribution in [0.1, 0.15) is 22.0 Å². The van der Waals surface area contributed by atoms with Crippen LogP contribution in [0.3, 0.4) is 0 Å². The first-order valence-corrected chi connectivity index (χ1v) is 6.95. The Balaban J connectivity index is 1.97. The van der Waals surface area contributed by atoms with Crippen molar-refractivity contribution in [2.75, 3.05) is 7.11 Å². The molecular weight excluding hydrogens is 314 g/mol. The first-order valence-electron chi connectivity index (χ1n) is 6.95. The number of rotatable bonds is 5. The van der Waals surface area contributed by atoms with E-state index in [0.717, 1.165) is 0 Å². The Morgan fingerprint density at radius 1 is 1.04 bits per heavy atom. The Labute approximate surface area is 137 Å². The van der Waals surface area contributed by atoms with Crippen molar-refractivity contribution in [1.82, 2.24) is 10.9 Å². The molecule has 8 nitrogen and oxygen atoms in total. The molecule has 0 fully saturated rings. The van der Waals surface area contributed by atoms with Gasteiger partial charge in [0, 0.05) is 24.8 Å². The lowest BCUT2D eigenvalue weighted by Crippen LogP contribution is -2.44. The molecule has 0 saturated carbocycles. The smallest absolute Gasteiger partial charge is 0.272 e. The van der Waals surface area contributed by atoms with Crippen LogP contribution in [-0.2, 0) is 9.53 Å². The summed E-state index contributed by atoms with van der Waals surface area (Å²) in [6.45, 7) is 0. The van der Waals surface area contributed by atoms with Crippen LogP contribution in [0.4, 0.5) is 5.69 Å². The Hall–Kier alpha value is -3.26. The Morgan fingerprint density at radius 2 is 1.67 bits per heavy atom. The van der Waals surface area contributed by atoms with Crippen molar-refractivity contribution in [3.05, 3.63) is 75.8 Å². The average molecular weight is 329 g/mol. The van der Waals surface area contributed by atoms with Gasteiger partial charge in [-0.15, -0.1) is 0 Å². The zero-order valence-corrected chi connectivity index (χ0v) is 12.8. The number of carbonyl (C=O) groups is 2. The van der Waals surface area contributed by atoms with Gasteiger partial charge >= 0.3 is 0 Å². The maximum atomic E-state index is 12.1. The quantitative estimate of drug-likeness (QED) is 0.641. The Kier molecular flexibility index (Phi) is 5.58. The number of nitrogens with one attached hydrogen (secondary N) is 2. The van der Waals surface area contributed by atoms with Crippen LogP contribution in [0, 0.1) is 10.1 Å². The second-order valence-electron chi connectivity index (χ2n) is 4.77. The van der Waals surface area contributed by atoms with Gasteiger partial charge in [0.15, 0.2) is 6.10 Å². The summed E-state index contributed by atoms with van der Waals surface area (Å²) in [6, 6.07) is 13.8. The minimum absolute atomic E-state index is 0.126. The van der Waals surface area contributed by atoms with E-state index in [2.05, 4.69) is 10.9 Å². The molecular formula is C16H15N3O5. The summed E-state index contributed by atoms with van der Waals surface area (Å²) in [6.07, 6.45) is -0.872. The summed E-state index contributed by atoms with van der Waals surface area (Å²) in [5, 5.41) is 10.6. The van der Waals surface area contributed by atoms with Gasteiger partial charge in [0.25, 0.3) is 17.5 Å². The molecule has 0 heterocycles. The van der Waals surface area contributed by atoms with Crippen molar-refractivity contribution >= 4 is 17.5 Å².